The van der Waals surface area contributed by atoms with Crippen LogP contribution < -0.4 is 20.3 Å². The molecule has 0 saturated carbocycles. The number of hydrogen-bond donors (Lipinski definition) is 3. The highest BCUT2D eigenvalue weighted by Crippen LogP contribution is 2.36. The average Bonchev–Trinajstić information content (AvgIpc) is 3.39. The third-order valence-corrected chi connectivity index (χ3v) is 8.06. The molecule has 3 N–H and O–H groups in total. The summed E-state index contributed by atoms with van der Waals surface area (Å²) in [7, 11) is -1.14. The van der Waals surface area contributed by atoms with Crippen molar-refractivity contribution < 1.29 is 13.2 Å². The Balaban J connectivity index is 1.32. The fourth-order valence-electron chi connectivity index (χ4n) is 4.40. The van der Waals surface area contributed by atoms with Crippen molar-refractivity contribution in [1.29, 1.82) is 0 Å². The number of anilines is 4. The molecular formula is C27H26N8O3S. The quantitative estimate of drug-likeness (QED) is 0.274. The molecule has 2 aromatic carbocycles. The molecule has 6 rings (SSSR count). The Morgan fingerprint density at radius 2 is 1.72 bits per heavy atom. The largest absolute Gasteiger partial charge is 0.438 e. The lowest BCUT2D eigenvalue weighted by atomic mass is 10.2. The van der Waals surface area contributed by atoms with Crippen molar-refractivity contribution in [3.63, 3.8) is 0 Å². The zero-order valence-corrected chi connectivity index (χ0v) is 21.9. The van der Waals surface area contributed by atoms with Crippen LogP contribution in [0.1, 0.15) is 0 Å². The first-order valence-corrected chi connectivity index (χ1v) is 14.2. The molecule has 0 aliphatic carbocycles. The molecule has 0 radical (unpaired) electrons. The number of aromatic amines is 1. The molecular weight excluding hydrogens is 516 g/mol. The van der Waals surface area contributed by atoms with Crippen LogP contribution in [0.15, 0.2) is 73.2 Å². The van der Waals surface area contributed by atoms with Gasteiger partial charge in [-0.15, -0.1) is 0 Å². The summed E-state index contributed by atoms with van der Waals surface area (Å²) in [5, 5.41) is 6.95. The molecule has 0 atom stereocenters. The summed E-state index contributed by atoms with van der Waals surface area (Å²) in [6.45, 7) is 0.984. The van der Waals surface area contributed by atoms with Crippen molar-refractivity contribution in [1.82, 2.24) is 24.9 Å². The van der Waals surface area contributed by atoms with Gasteiger partial charge in [0.05, 0.1) is 35.0 Å². The van der Waals surface area contributed by atoms with Gasteiger partial charge >= 0.3 is 0 Å². The smallest absolute Gasteiger partial charge is 0.234 e. The summed E-state index contributed by atoms with van der Waals surface area (Å²) in [4.78, 5) is 23.6. The number of fused-ring (bicyclic) bond motifs is 1. The van der Waals surface area contributed by atoms with Crippen LogP contribution in [0.4, 0.5) is 23.1 Å². The van der Waals surface area contributed by atoms with Gasteiger partial charge in [0.1, 0.15) is 17.2 Å². The van der Waals surface area contributed by atoms with Crippen LogP contribution in [0.3, 0.4) is 0 Å². The first kappa shape index (κ1) is 24.6. The van der Waals surface area contributed by atoms with Gasteiger partial charge in [0.25, 0.3) is 0 Å². The second-order valence-electron chi connectivity index (χ2n) is 9.04. The second-order valence-corrected chi connectivity index (χ2v) is 11.3. The number of sulfone groups is 1. The summed E-state index contributed by atoms with van der Waals surface area (Å²) < 4.78 is 29.7. The van der Waals surface area contributed by atoms with Gasteiger partial charge in [0.2, 0.25) is 11.8 Å². The highest BCUT2D eigenvalue weighted by atomic mass is 32.2. The molecule has 0 bridgehead atoms. The first-order chi connectivity index (χ1) is 19.0. The number of nitrogens with zero attached hydrogens (tertiary/aromatic N) is 5. The van der Waals surface area contributed by atoms with E-state index in [0.29, 0.717) is 53.2 Å². The second kappa shape index (κ2) is 10.2. The van der Waals surface area contributed by atoms with Gasteiger partial charge in [0, 0.05) is 43.3 Å². The van der Waals surface area contributed by atoms with Gasteiger partial charge in [0.15, 0.2) is 9.84 Å². The van der Waals surface area contributed by atoms with E-state index in [2.05, 4.69) is 30.5 Å². The van der Waals surface area contributed by atoms with Crippen molar-refractivity contribution >= 4 is 44.0 Å². The lowest BCUT2D eigenvalue weighted by molar-refractivity contribution is 0.469. The van der Waals surface area contributed by atoms with Crippen LogP contribution in [0.25, 0.3) is 22.3 Å². The Morgan fingerprint density at radius 3 is 2.46 bits per heavy atom. The molecule has 5 aromatic rings. The van der Waals surface area contributed by atoms with Gasteiger partial charge < -0.3 is 25.3 Å². The van der Waals surface area contributed by atoms with Crippen LogP contribution in [-0.4, -0.2) is 65.0 Å². The monoisotopic (exact) mass is 542 g/mol. The van der Waals surface area contributed by atoms with E-state index in [9.17, 15) is 8.42 Å². The molecule has 11 nitrogen and oxygen atoms in total. The topological polar surface area (TPSA) is 138 Å². The zero-order valence-electron chi connectivity index (χ0n) is 21.1. The maximum absolute atomic E-state index is 11.8. The van der Waals surface area contributed by atoms with E-state index >= 15 is 0 Å². The Labute approximate surface area is 225 Å². The van der Waals surface area contributed by atoms with Gasteiger partial charge in [-0.3, -0.25) is 4.98 Å². The number of nitrogens with one attached hydrogen (secondary N) is 3. The van der Waals surface area contributed by atoms with Crippen LogP contribution in [-0.2, 0) is 9.84 Å². The summed E-state index contributed by atoms with van der Waals surface area (Å²) in [6, 6.07) is 17.2. The Kier molecular flexibility index (Phi) is 6.45. The minimum Gasteiger partial charge on any atom is -0.438 e. The molecule has 0 unspecified atom stereocenters. The third-order valence-electron chi connectivity index (χ3n) is 6.46. The SMILES string of the molecule is CNc1cncc(-c2c[nH]c3nc(Nc4ccc(N5CCS(=O)(=O)CC5)cc4)nc(Oc4ccccc4)c23)n1. The third kappa shape index (κ3) is 5.32. The summed E-state index contributed by atoms with van der Waals surface area (Å²) in [6.07, 6.45) is 5.15. The molecule has 1 aliphatic heterocycles. The molecule has 1 saturated heterocycles. The van der Waals surface area contributed by atoms with E-state index in [1.165, 1.54) is 0 Å². The molecule has 4 heterocycles. The first-order valence-electron chi connectivity index (χ1n) is 12.4. The number of rotatable bonds is 7. The van der Waals surface area contributed by atoms with Crippen LogP contribution in [0, 0.1) is 0 Å². The van der Waals surface area contributed by atoms with Crippen molar-refractivity contribution in [2.75, 3.05) is 47.2 Å². The van der Waals surface area contributed by atoms with Crippen molar-refractivity contribution in [2.24, 2.45) is 0 Å². The number of hydrogen-bond acceptors (Lipinski definition) is 10. The van der Waals surface area contributed by atoms with Gasteiger partial charge in [-0.1, -0.05) is 18.2 Å². The zero-order chi connectivity index (χ0) is 26.8. The lowest BCUT2D eigenvalue weighted by Gasteiger charge is -2.28. The van der Waals surface area contributed by atoms with Crippen molar-refractivity contribution in [3.05, 3.63) is 73.2 Å². The molecule has 0 amide bonds. The molecule has 0 spiro atoms. The Bertz CT molecular complexity index is 1710. The molecule has 198 valence electrons. The molecule has 1 aliphatic rings. The predicted octanol–water partition coefficient (Wildman–Crippen LogP) is 4.23. The van der Waals surface area contributed by atoms with Gasteiger partial charge in [-0.05, 0) is 36.4 Å². The normalized spacial score (nSPS) is 14.7. The number of ether oxygens (including phenoxy) is 1. The van der Waals surface area contributed by atoms with Crippen LogP contribution >= 0.6 is 0 Å². The van der Waals surface area contributed by atoms with E-state index in [1.54, 1.807) is 19.4 Å². The molecule has 39 heavy (non-hydrogen) atoms. The summed E-state index contributed by atoms with van der Waals surface area (Å²) in [5.41, 5.74) is 3.75. The Hall–Kier alpha value is -4.71. The van der Waals surface area contributed by atoms with E-state index in [4.69, 9.17) is 14.7 Å². The highest BCUT2D eigenvalue weighted by molar-refractivity contribution is 7.91. The van der Waals surface area contributed by atoms with Crippen molar-refractivity contribution in [3.8, 4) is 22.9 Å². The number of benzene rings is 2. The van der Waals surface area contributed by atoms with Gasteiger partial charge in [-0.2, -0.15) is 9.97 Å². The maximum atomic E-state index is 11.8. The van der Waals surface area contributed by atoms with E-state index < -0.39 is 9.84 Å². The minimum atomic E-state index is -2.93. The van der Waals surface area contributed by atoms with Crippen LogP contribution in [0.5, 0.6) is 11.6 Å². The van der Waals surface area contributed by atoms with E-state index in [1.807, 2.05) is 60.8 Å². The minimum absolute atomic E-state index is 0.175. The number of para-hydroxylation sites is 1. The maximum Gasteiger partial charge on any atom is 0.234 e. The van der Waals surface area contributed by atoms with Crippen molar-refractivity contribution in [2.45, 2.75) is 0 Å². The highest BCUT2D eigenvalue weighted by Gasteiger charge is 2.22. The fourth-order valence-corrected chi connectivity index (χ4v) is 5.60. The molecule has 1 fully saturated rings. The lowest BCUT2D eigenvalue weighted by Crippen LogP contribution is -2.40. The van der Waals surface area contributed by atoms with Gasteiger partial charge in [-0.25, -0.2) is 13.4 Å². The molecule has 3 aromatic heterocycles. The number of H-pyrrole nitrogens is 1. The average molecular weight is 543 g/mol. The molecule has 12 heteroatoms. The Morgan fingerprint density at radius 1 is 0.949 bits per heavy atom. The number of aromatic nitrogens is 5. The summed E-state index contributed by atoms with van der Waals surface area (Å²) >= 11 is 0. The predicted molar refractivity (Wildman–Crippen MR) is 152 cm³/mol. The van der Waals surface area contributed by atoms with E-state index in [0.717, 1.165) is 16.9 Å². The van der Waals surface area contributed by atoms with Crippen LogP contribution in [0.2, 0.25) is 0 Å². The standard InChI is InChI=1S/C27H26N8O3S/c1-28-23-17-29-16-22(32-23)21-15-30-25-24(21)26(38-20-5-3-2-4-6-20)34-27(33-25)31-18-7-9-19(10-8-18)35-11-13-39(36,37)14-12-35/h2-10,15-17H,11-14H2,1H3,(H,28,32)(H2,30,31,33,34). The summed E-state index contributed by atoms with van der Waals surface area (Å²) in [5.74, 6) is 2.35. The van der Waals surface area contributed by atoms with E-state index in [-0.39, 0.29) is 11.5 Å². The fraction of sp³-hybridized carbons (Fsp3) is 0.185.